The third kappa shape index (κ3) is 2.10. The standard InChI is InChI=1S/C8H3I2N5/c9-6-7(10)15(4-13-6)8-12-2-1-5(3-11)14-8/h1-2,4H. The zero-order valence-electron chi connectivity index (χ0n) is 7.22. The molecule has 0 fully saturated rings. The second-order valence-corrected chi connectivity index (χ2v) is 4.59. The van der Waals surface area contributed by atoms with Gasteiger partial charge in [0.25, 0.3) is 0 Å². The lowest BCUT2D eigenvalue weighted by Gasteiger charge is -2.00. The van der Waals surface area contributed by atoms with Crippen molar-refractivity contribution >= 4 is 45.2 Å². The Morgan fingerprint density at radius 3 is 2.73 bits per heavy atom. The summed E-state index contributed by atoms with van der Waals surface area (Å²) in [7, 11) is 0. The zero-order chi connectivity index (χ0) is 10.8. The average molecular weight is 423 g/mol. The molecule has 0 spiro atoms. The Balaban J connectivity index is 2.55. The Morgan fingerprint density at radius 1 is 1.33 bits per heavy atom. The van der Waals surface area contributed by atoms with Gasteiger partial charge in [0.2, 0.25) is 5.95 Å². The SMILES string of the molecule is N#Cc1ccnc(-n2cnc(I)c2I)n1. The molecule has 7 heteroatoms. The topological polar surface area (TPSA) is 67.4 Å². The van der Waals surface area contributed by atoms with E-state index in [1.54, 1.807) is 23.2 Å². The smallest absolute Gasteiger partial charge is 0.237 e. The average Bonchev–Trinajstić information content (AvgIpc) is 2.60. The summed E-state index contributed by atoms with van der Waals surface area (Å²) in [5, 5.41) is 8.71. The highest BCUT2D eigenvalue weighted by molar-refractivity contribution is 14.1. The van der Waals surface area contributed by atoms with E-state index in [2.05, 4.69) is 60.1 Å². The van der Waals surface area contributed by atoms with E-state index < -0.39 is 0 Å². The van der Waals surface area contributed by atoms with Crippen LogP contribution in [0.3, 0.4) is 0 Å². The predicted molar refractivity (Wildman–Crippen MR) is 69.3 cm³/mol. The van der Waals surface area contributed by atoms with Crippen LogP contribution in [-0.4, -0.2) is 19.5 Å². The molecule has 74 valence electrons. The number of hydrogen-bond acceptors (Lipinski definition) is 4. The molecule has 0 amide bonds. The molecule has 15 heavy (non-hydrogen) atoms. The number of hydrogen-bond donors (Lipinski definition) is 0. The molecule has 0 saturated heterocycles. The first kappa shape index (κ1) is 10.7. The lowest BCUT2D eigenvalue weighted by molar-refractivity contribution is 0.901. The van der Waals surface area contributed by atoms with Crippen molar-refractivity contribution in [2.24, 2.45) is 0 Å². The number of imidazole rings is 1. The highest BCUT2D eigenvalue weighted by Crippen LogP contribution is 2.15. The predicted octanol–water partition coefficient (Wildman–Crippen LogP) is 1.74. The molecule has 2 heterocycles. The summed E-state index contributed by atoms with van der Waals surface area (Å²) in [6.45, 7) is 0. The number of rotatable bonds is 1. The summed E-state index contributed by atoms with van der Waals surface area (Å²) in [6, 6.07) is 3.54. The van der Waals surface area contributed by atoms with E-state index >= 15 is 0 Å². The van der Waals surface area contributed by atoms with Crippen LogP contribution in [0.2, 0.25) is 0 Å². The zero-order valence-corrected chi connectivity index (χ0v) is 11.5. The minimum absolute atomic E-state index is 0.347. The fraction of sp³-hybridized carbons (Fsp3) is 0. The van der Waals surface area contributed by atoms with Crippen molar-refractivity contribution in [3.8, 4) is 12.0 Å². The first-order valence-corrected chi connectivity index (χ1v) is 6.00. The quantitative estimate of drug-likeness (QED) is 0.656. The maximum Gasteiger partial charge on any atom is 0.237 e. The van der Waals surface area contributed by atoms with Crippen LogP contribution in [0, 0.1) is 18.7 Å². The molecule has 0 atom stereocenters. The monoisotopic (exact) mass is 423 g/mol. The van der Waals surface area contributed by atoms with Gasteiger partial charge in [-0.05, 0) is 51.2 Å². The molecule has 5 nitrogen and oxygen atoms in total. The molecule has 0 N–H and O–H groups in total. The lowest BCUT2D eigenvalue weighted by Crippen LogP contribution is -2.02. The number of halogens is 2. The largest absolute Gasteiger partial charge is 0.261 e. The van der Waals surface area contributed by atoms with Crippen LogP contribution in [0.25, 0.3) is 5.95 Å². The second-order valence-electron chi connectivity index (χ2n) is 2.55. The van der Waals surface area contributed by atoms with Gasteiger partial charge < -0.3 is 0 Å². The molecule has 2 rings (SSSR count). The molecule has 0 radical (unpaired) electrons. The van der Waals surface area contributed by atoms with Crippen LogP contribution in [0.4, 0.5) is 0 Å². The van der Waals surface area contributed by atoms with Gasteiger partial charge in [-0.1, -0.05) is 0 Å². The minimum atomic E-state index is 0.347. The molecule has 0 unspecified atom stereocenters. The fourth-order valence-electron chi connectivity index (χ4n) is 0.978. The van der Waals surface area contributed by atoms with Crippen LogP contribution in [0.1, 0.15) is 5.69 Å². The van der Waals surface area contributed by atoms with Gasteiger partial charge in [-0.3, -0.25) is 4.57 Å². The molecule has 0 bridgehead atoms. The summed E-state index contributed by atoms with van der Waals surface area (Å²) in [5.74, 6) is 0.467. The van der Waals surface area contributed by atoms with Crippen LogP contribution in [-0.2, 0) is 0 Å². The van der Waals surface area contributed by atoms with Crippen LogP contribution >= 0.6 is 45.2 Å². The fourth-order valence-corrected chi connectivity index (χ4v) is 1.84. The van der Waals surface area contributed by atoms with E-state index in [0.717, 1.165) is 7.40 Å². The highest BCUT2D eigenvalue weighted by atomic mass is 127. The maximum absolute atomic E-state index is 8.71. The number of nitriles is 1. The summed E-state index contributed by atoms with van der Waals surface area (Å²) in [6.07, 6.45) is 3.20. The Kier molecular flexibility index (Phi) is 3.15. The van der Waals surface area contributed by atoms with E-state index in [0.29, 0.717) is 11.6 Å². The van der Waals surface area contributed by atoms with Crippen molar-refractivity contribution in [2.75, 3.05) is 0 Å². The lowest BCUT2D eigenvalue weighted by atomic mass is 10.4. The summed E-state index contributed by atoms with van der Waals surface area (Å²) < 4.78 is 3.56. The van der Waals surface area contributed by atoms with Gasteiger partial charge >= 0.3 is 0 Å². The minimum Gasteiger partial charge on any atom is -0.261 e. The highest BCUT2D eigenvalue weighted by Gasteiger charge is 2.09. The van der Waals surface area contributed by atoms with Crippen LogP contribution in [0.15, 0.2) is 18.6 Å². The van der Waals surface area contributed by atoms with Gasteiger partial charge in [-0.15, -0.1) is 0 Å². The number of nitrogens with zero attached hydrogens (tertiary/aromatic N) is 5. The Bertz CT molecular complexity index is 542. The molecule has 0 aliphatic rings. The molecule has 0 aliphatic carbocycles. The van der Waals surface area contributed by atoms with E-state index in [1.165, 1.54) is 0 Å². The number of aromatic nitrogens is 4. The van der Waals surface area contributed by atoms with Gasteiger partial charge in [0.15, 0.2) is 0 Å². The Labute approximate surface area is 113 Å². The molecule has 2 aromatic heterocycles. The third-order valence-corrected chi connectivity index (χ3v) is 4.49. The second kappa shape index (κ2) is 4.40. The Morgan fingerprint density at radius 2 is 2.13 bits per heavy atom. The molecule has 2 aromatic rings. The summed E-state index contributed by atoms with van der Waals surface area (Å²) in [4.78, 5) is 12.3. The molecular formula is C8H3I2N5. The molecule has 0 aromatic carbocycles. The first-order chi connectivity index (χ1) is 7.22. The van der Waals surface area contributed by atoms with E-state index in [-0.39, 0.29) is 0 Å². The third-order valence-electron chi connectivity index (χ3n) is 1.64. The van der Waals surface area contributed by atoms with Crippen molar-refractivity contribution in [3.63, 3.8) is 0 Å². The van der Waals surface area contributed by atoms with Gasteiger partial charge in [-0.25, -0.2) is 15.0 Å². The first-order valence-electron chi connectivity index (χ1n) is 3.84. The molecule has 0 aliphatic heterocycles. The maximum atomic E-state index is 8.71. The van der Waals surface area contributed by atoms with Crippen LogP contribution in [0.5, 0.6) is 0 Å². The van der Waals surface area contributed by atoms with Gasteiger partial charge in [0.05, 0.1) is 0 Å². The van der Waals surface area contributed by atoms with Crippen molar-refractivity contribution in [1.29, 1.82) is 5.26 Å². The van der Waals surface area contributed by atoms with E-state index in [1.807, 2.05) is 6.07 Å². The summed E-state index contributed by atoms with van der Waals surface area (Å²) in [5.41, 5.74) is 0.347. The van der Waals surface area contributed by atoms with Crippen molar-refractivity contribution in [3.05, 3.63) is 31.7 Å². The summed E-state index contributed by atoms with van der Waals surface area (Å²) >= 11 is 4.29. The van der Waals surface area contributed by atoms with Gasteiger partial charge in [0, 0.05) is 6.20 Å². The van der Waals surface area contributed by atoms with Crippen LogP contribution < -0.4 is 0 Å². The molecule has 0 saturated carbocycles. The Hall–Kier alpha value is -0.760. The van der Waals surface area contributed by atoms with Gasteiger partial charge in [-0.2, -0.15) is 5.26 Å². The van der Waals surface area contributed by atoms with Crippen molar-refractivity contribution in [1.82, 2.24) is 19.5 Å². The van der Waals surface area contributed by atoms with Gasteiger partial charge in [0.1, 0.15) is 25.5 Å². The van der Waals surface area contributed by atoms with Crippen molar-refractivity contribution < 1.29 is 0 Å². The van der Waals surface area contributed by atoms with Crippen molar-refractivity contribution in [2.45, 2.75) is 0 Å². The van der Waals surface area contributed by atoms with E-state index in [4.69, 9.17) is 5.26 Å². The normalized spacial score (nSPS) is 9.93. The molecular weight excluding hydrogens is 420 g/mol. The van der Waals surface area contributed by atoms with E-state index in [9.17, 15) is 0 Å².